The number of phenols is 2. The Morgan fingerprint density at radius 3 is 1.33 bits per heavy atom. The SMILES string of the molecule is NC(=O)c1cc2ccc3c4ccccc4[nH]c3c2cc1O.NC(=O)c1cc2ccc3c4ccccc4[nH]c3c2cc1O.O=C(Nc1ccccc1)c1ccccc1. The van der Waals surface area contributed by atoms with E-state index in [1.807, 2.05) is 109 Å². The number of hydrogen-bond acceptors (Lipinski definition) is 5. The normalized spacial score (nSPS) is 10.9. The molecule has 0 aliphatic carbocycles. The van der Waals surface area contributed by atoms with Gasteiger partial charge in [-0.15, -0.1) is 0 Å². The summed E-state index contributed by atoms with van der Waals surface area (Å²) in [6.45, 7) is 0. The molecule has 9 N–H and O–H groups in total. The molecule has 0 aliphatic heterocycles. The van der Waals surface area contributed by atoms with Gasteiger partial charge in [-0.25, -0.2) is 0 Å². The van der Waals surface area contributed by atoms with Gasteiger partial charge in [-0.3, -0.25) is 14.4 Å². The van der Waals surface area contributed by atoms with Gasteiger partial charge in [0.05, 0.1) is 22.2 Å². The predicted octanol–water partition coefficient (Wildman–Crippen LogP) is 9.50. The maximum atomic E-state index is 11.7. The molecular formula is C47H35N5O5. The van der Waals surface area contributed by atoms with Gasteiger partial charge in [0.15, 0.2) is 0 Å². The quantitative estimate of drug-likeness (QED) is 0.0942. The van der Waals surface area contributed by atoms with Crippen LogP contribution in [0.2, 0.25) is 0 Å². The van der Waals surface area contributed by atoms with E-state index in [-0.39, 0.29) is 28.5 Å². The average molecular weight is 750 g/mol. The summed E-state index contributed by atoms with van der Waals surface area (Å²) >= 11 is 0. The van der Waals surface area contributed by atoms with Crippen molar-refractivity contribution in [3.63, 3.8) is 0 Å². The van der Waals surface area contributed by atoms with Crippen molar-refractivity contribution in [1.29, 1.82) is 0 Å². The lowest BCUT2D eigenvalue weighted by molar-refractivity contribution is 0.0989. The number of para-hydroxylation sites is 3. The van der Waals surface area contributed by atoms with E-state index < -0.39 is 11.8 Å². The van der Waals surface area contributed by atoms with Crippen LogP contribution in [-0.2, 0) is 0 Å². The molecule has 0 saturated heterocycles. The van der Waals surface area contributed by atoms with Crippen LogP contribution in [0.5, 0.6) is 11.5 Å². The summed E-state index contributed by atoms with van der Waals surface area (Å²) in [6, 6.07) is 49.0. The molecule has 8 aromatic carbocycles. The van der Waals surface area contributed by atoms with E-state index >= 15 is 0 Å². The van der Waals surface area contributed by atoms with E-state index in [1.165, 1.54) is 0 Å². The number of aromatic nitrogens is 2. The summed E-state index contributed by atoms with van der Waals surface area (Å²) in [4.78, 5) is 41.1. The highest BCUT2D eigenvalue weighted by Gasteiger charge is 2.14. The van der Waals surface area contributed by atoms with Crippen LogP contribution in [0.1, 0.15) is 31.1 Å². The Morgan fingerprint density at radius 1 is 0.456 bits per heavy atom. The predicted molar refractivity (Wildman–Crippen MR) is 228 cm³/mol. The maximum Gasteiger partial charge on any atom is 0.255 e. The third-order valence-electron chi connectivity index (χ3n) is 9.82. The molecule has 3 amide bonds. The number of hydrogen-bond donors (Lipinski definition) is 7. The number of benzene rings is 8. The minimum absolute atomic E-state index is 0.0817. The Hall–Kier alpha value is -8.11. The molecule has 0 fully saturated rings. The van der Waals surface area contributed by atoms with Gasteiger partial charge in [0.25, 0.3) is 17.7 Å². The Morgan fingerprint density at radius 2 is 0.877 bits per heavy atom. The van der Waals surface area contributed by atoms with Gasteiger partial charge >= 0.3 is 0 Å². The van der Waals surface area contributed by atoms with Gasteiger partial charge in [0.2, 0.25) is 0 Å². The molecule has 57 heavy (non-hydrogen) atoms. The van der Waals surface area contributed by atoms with Gasteiger partial charge in [0.1, 0.15) is 11.5 Å². The second kappa shape index (κ2) is 15.0. The van der Waals surface area contributed by atoms with Gasteiger partial charge in [-0.1, -0.05) is 97.1 Å². The molecule has 0 spiro atoms. The number of carbonyl (C=O) groups excluding carboxylic acids is 3. The second-order valence-electron chi connectivity index (χ2n) is 13.4. The average Bonchev–Trinajstić information content (AvgIpc) is 3.81. The van der Waals surface area contributed by atoms with Gasteiger partial charge in [-0.05, 0) is 71.4 Å². The number of anilines is 1. The van der Waals surface area contributed by atoms with E-state index in [0.29, 0.717) is 5.56 Å². The molecule has 0 bridgehead atoms. The number of fused-ring (bicyclic) bond motifs is 10. The lowest BCUT2D eigenvalue weighted by Crippen LogP contribution is -2.11. The van der Waals surface area contributed by atoms with E-state index in [9.17, 15) is 24.6 Å². The van der Waals surface area contributed by atoms with Crippen LogP contribution < -0.4 is 16.8 Å². The van der Waals surface area contributed by atoms with E-state index in [1.54, 1.807) is 36.4 Å². The number of H-pyrrole nitrogens is 2. The minimum Gasteiger partial charge on any atom is -0.507 e. The molecular weight excluding hydrogens is 715 g/mol. The van der Waals surface area contributed by atoms with Gasteiger partial charge in [-0.2, -0.15) is 0 Å². The number of nitrogens with two attached hydrogens (primary N) is 2. The van der Waals surface area contributed by atoms with Gasteiger partial charge in [0, 0.05) is 54.6 Å². The number of aromatic amines is 2. The monoisotopic (exact) mass is 749 g/mol. The highest BCUT2D eigenvalue weighted by Crippen LogP contribution is 2.35. The number of primary amides is 2. The number of nitrogens with one attached hydrogen (secondary N) is 3. The number of amides is 3. The first-order chi connectivity index (χ1) is 27.7. The van der Waals surface area contributed by atoms with E-state index in [2.05, 4.69) is 27.4 Å². The Bertz CT molecular complexity index is 2980. The summed E-state index contributed by atoms with van der Waals surface area (Å²) in [5, 5.41) is 30.7. The van der Waals surface area contributed by atoms with Crippen molar-refractivity contribution < 1.29 is 24.6 Å². The van der Waals surface area contributed by atoms with Crippen molar-refractivity contribution in [2.24, 2.45) is 11.5 Å². The fourth-order valence-corrected chi connectivity index (χ4v) is 7.07. The Kier molecular flexibility index (Phi) is 9.42. The summed E-state index contributed by atoms with van der Waals surface area (Å²) in [5.41, 5.74) is 16.3. The van der Waals surface area contributed by atoms with Crippen LogP contribution >= 0.6 is 0 Å². The molecule has 0 atom stereocenters. The molecule has 0 aliphatic rings. The highest BCUT2D eigenvalue weighted by molar-refractivity contribution is 6.19. The fourth-order valence-electron chi connectivity index (χ4n) is 7.07. The third kappa shape index (κ3) is 7.02. The van der Waals surface area contributed by atoms with Crippen LogP contribution in [0.4, 0.5) is 5.69 Å². The smallest absolute Gasteiger partial charge is 0.255 e. The van der Waals surface area contributed by atoms with Crippen molar-refractivity contribution >= 4 is 88.6 Å². The molecule has 0 unspecified atom stereocenters. The number of aromatic hydroxyl groups is 2. The first-order valence-corrected chi connectivity index (χ1v) is 18.0. The van der Waals surface area contributed by atoms with Crippen molar-refractivity contribution in [2.45, 2.75) is 0 Å². The molecule has 0 saturated carbocycles. The van der Waals surface area contributed by atoms with Crippen molar-refractivity contribution in [1.82, 2.24) is 9.97 Å². The lowest BCUT2D eigenvalue weighted by Gasteiger charge is -2.05. The molecule has 10 rings (SSSR count). The van der Waals surface area contributed by atoms with Crippen molar-refractivity contribution in [3.05, 3.63) is 174 Å². The lowest BCUT2D eigenvalue weighted by atomic mass is 10.0. The van der Waals surface area contributed by atoms with Crippen LogP contribution in [0.3, 0.4) is 0 Å². The number of carbonyl (C=O) groups is 3. The Labute approximate surface area is 325 Å². The molecule has 0 radical (unpaired) electrons. The Balaban J connectivity index is 0.000000122. The van der Waals surface area contributed by atoms with Gasteiger partial charge < -0.3 is 37.0 Å². The zero-order valence-electron chi connectivity index (χ0n) is 30.3. The molecule has 10 aromatic rings. The topological polar surface area (TPSA) is 187 Å². The first kappa shape index (κ1) is 35.9. The third-order valence-corrected chi connectivity index (χ3v) is 9.82. The fraction of sp³-hybridized carbons (Fsp3) is 0. The van der Waals surface area contributed by atoms with Crippen LogP contribution in [0, 0.1) is 0 Å². The minimum atomic E-state index is -0.633. The summed E-state index contributed by atoms with van der Waals surface area (Å²) in [6.07, 6.45) is 0. The largest absolute Gasteiger partial charge is 0.507 e. The molecule has 10 nitrogen and oxygen atoms in total. The first-order valence-electron chi connectivity index (χ1n) is 18.0. The number of rotatable bonds is 4. The van der Waals surface area contributed by atoms with E-state index in [4.69, 9.17) is 11.5 Å². The second-order valence-corrected chi connectivity index (χ2v) is 13.4. The standard InChI is InChI=1S/2C17H12N2O2.C13H11NO/c2*18-17(21)13-7-9-5-6-11-10-3-1-2-4-14(10)19-16(11)12(9)8-15(13)20;15-13(11-7-3-1-4-8-11)14-12-9-5-2-6-10-12/h2*1-8,19-20H,(H2,18,21);1-10H,(H,14,15). The molecule has 10 heteroatoms. The van der Waals surface area contributed by atoms with Crippen LogP contribution in [0.25, 0.3) is 65.2 Å². The maximum absolute atomic E-state index is 11.7. The molecule has 2 aromatic heterocycles. The molecule has 278 valence electrons. The summed E-state index contributed by atoms with van der Waals surface area (Å²) in [7, 11) is 0. The van der Waals surface area contributed by atoms with Crippen molar-refractivity contribution in [2.75, 3.05) is 5.32 Å². The summed E-state index contributed by atoms with van der Waals surface area (Å²) in [5.74, 6) is -1.54. The van der Waals surface area contributed by atoms with Crippen molar-refractivity contribution in [3.8, 4) is 11.5 Å². The van der Waals surface area contributed by atoms with Crippen LogP contribution in [-0.4, -0.2) is 37.9 Å². The summed E-state index contributed by atoms with van der Waals surface area (Å²) < 4.78 is 0. The zero-order chi connectivity index (χ0) is 39.6. The highest BCUT2D eigenvalue weighted by atomic mass is 16.3. The van der Waals surface area contributed by atoms with Crippen LogP contribution in [0.15, 0.2) is 158 Å². The zero-order valence-corrected chi connectivity index (χ0v) is 30.3. The molecule has 2 heterocycles. The van der Waals surface area contributed by atoms with E-state index in [0.717, 1.165) is 70.8 Å².